The lowest BCUT2D eigenvalue weighted by molar-refractivity contribution is 0.102. The average molecular weight is 335 g/mol. The molecule has 1 amide bonds. The first-order valence-corrected chi connectivity index (χ1v) is 8.29. The molecule has 0 saturated heterocycles. The Morgan fingerprint density at radius 1 is 1.12 bits per heavy atom. The van der Waals surface area contributed by atoms with Gasteiger partial charge >= 0.3 is 0 Å². The number of aromatic nitrogens is 2. The third kappa shape index (κ3) is 4.55. The zero-order chi connectivity index (χ0) is 17.5. The Hall–Kier alpha value is -2.92. The number of anilines is 1. The maximum absolute atomic E-state index is 12.5. The molecule has 0 fully saturated rings. The summed E-state index contributed by atoms with van der Waals surface area (Å²) in [5, 5.41) is 7.15. The predicted octanol–water partition coefficient (Wildman–Crippen LogP) is 3.72. The number of hydrogen-bond acceptors (Lipinski definition) is 3. The van der Waals surface area contributed by atoms with E-state index >= 15 is 0 Å². The summed E-state index contributed by atoms with van der Waals surface area (Å²) in [7, 11) is 0. The van der Waals surface area contributed by atoms with Crippen molar-refractivity contribution in [3.8, 4) is 0 Å². The van der Waals surface area contributed by atoms with E-state index in [-0.39, 0.29) is 5.91 Å². The lowest BCUT2D eigenvalue weighted by atomic mass is 10.1. The van der Waals surface area contributed by atoms with Crippen molar-refractivity contribution in [3.63, 3.8) is 0 Å². The third-order valence-electron chi connectivity index (χ3n) is 3.85. The Labute approximate surface area is 147 Å². The normalized spacial score (nSPS) is 10.6. The van der Waals surface area contributed by atoms with Crippen LogP contribution in [0, 0.1) is 0 Å². The summed E-state index contributed by atoms with van der Waals surface area (Å²) in [5.74, 6) is -0.130. The van der Waals surface area contributed by atoms with Crippen molar-refractivity contribution >= 4 is 11.6 Å². The van der Waals surface area contributed by atoms with Crippen LogP contribution >= 0.6 is 0 Å². The van der Waals surface area contributed by atoms with Gasteiger partial charge in [0, 0.05) is 35.8 Å². The van der Waals surface area contributed by atoms with Gasteiger partial charge in [-0.25, -0.2) is 0 Å². The molecule has 1 N–H and O–H groups in total. The summed E-state index contributed by atoms with van der Waals surface area (Å²) >= 11 is 0. The van der Waals surface area contributed by atoms with E-state index in [0.29, 0.717) is 25.3 Å². The monoisotopic (exact) mass is 335 g/mol. The first-order chi connectivity index (χ1) is 12.3. The molecule has 0 radical (unpaired) electrons. The van der Waals surface area contributed by atoms with Gasteiger partial charge in [0.05, 0.1) is 13.2 Å². The van der Waals surface area contributed by atoms with Crippen LogP contribution in [0.1, 0.15) is 28.4 Å². The molecular weight excluding hydrogens is 314 g/mol. The smallest absolute Gasteiger partial charge is 0.255 e. The second kappa shape index (κ2) is 8.26. The number of rotatable bonds is 7. The van der Waals surface area contributed by atoms with E-state index in [9.17, 15) is 4.79 Å². The molecule has 3 rings (SSSR count). The Kier molecular flexibility index (Phi) is 5.59. The van der Waals surface area contributed by atoms with Crippen LogP contribution in [0.5, 0.6) is 0 Å². The number of carbonyl (C=O) groups excluding carboxylic acids is 1. The van der Waals surface area contributed by atoms with E-state index in [1.807, 2.05) is 72.4 Å². The number of para-hydroxylation sites is 1. The average Bonchev–Trinajstić information content (AvgIpc) is 3.14. The summed E-state index contributed by atoms with van der Waals surface area (Å²) in [6.45, 7) is 3.76. The van der Waals surface area contributed by atoms with Crippen molar-refractivity contribution in [2.45, 2.75) is 20.1 Å². The molecule has 25 heavy (non-hydrogen) atoms. The van der Waals surface area contributed by atoms with Gasteiger partial charge in [-0.2, -0.15) is 5.10 Å². The van der Waals surface area contributed by atoms with Gasteiger partial charge in [-0.15, -0.1) is 0 Å². The van der Waals surface area contributed by atoms with Gasteiger partial charge in [-0.05, 0) is 36.8 Å². The molecule has 0 spiro atoms. The highest BCUT2D eigenvalue weighted by Gasteiger charge is 2.09. The first kappa shape index (κ1) is 16.9. The summed E-state index contributed by atoms with van der Waals surface area (Å²) in [6.07, 6.45) is 3.66. The van der Waals surface area contributed by atoms with Gasteiger partial charge < -0.3 is 10.1 Å². The molecule has 0 aliphatic carbocycles. The van der Waals surface area contributed by atoms with E-state index in [1.54, 1.807) is 6.20 Å². The second-order valence-electron chi connectivity index (χ2n) is 5.65. The van der Waals surface area contributed by atoms with Crippen LogP contribution in [0.15, 0.2) is 67.0 Å². The molecule has 5 nitrogen and oxygen atoms in total. The highest BCUT2D eigenvalue weighted by Crippen LogP contribution is 2.17. The predicted molar refractivity (Wildman–Crippen MR) is 97.5 cm³/mol. The molecule has 2 aromatic carbocycles. The molecule has 0 unspecified atom stereocenters. The molecule has 1 aromatic heterocycles. The minimum absolute atomic E-state index is 0.130. The SMILES string of the molecule is CCOCc1ccccc1NC(=O)c1ccc(Cn2cccn2)cc1. The topological polar surface area (TPSA) is 56.1 Å². The lowest BCUT2D eigenvalue weighted by Gasteiger charge is -2.11. The van der Waals surface area contributed by atoms with Gasteiger partial charge in [0.25, 0.3) is 5.91 Å². The quantitative estimate of drug-likeness (QED) is 0.716. The highest BCUT2D eigenvalue weighted by molar-refractivity contribution is 6.04. The van der Waals surface area contributed by atoms with Gasteiger partial charge in [0.15, 0.2) is 0 Å². The minimum Gasteiger partial charge on any atom is -0.377 e. The molecule has 5 heteroatoms. The summed E-state index contributed by atoms with van der Waals surface area (Å²) < 4.78 is 7.30. The summed E-state index contributed by atoms with van der Waals surface area (Å²) in [5.41, 5.74) is 3.46. The van der Waals surface area contributed by atoms with E-state index in [1.165, 1.54) is 0 Å². The maximum Gasteiger partial charge on any atom is 0.255 e. The zero-order valence-electron chi connectivity index (χ0n) is 14.2. The minimum atomic E-state index is -0.130. The molecule has 0 saturated carbocycles. The Bertz CT molecular complexity index is 811. The molecule has 0 aliphatic rings. The molecule has 3 aromatic rings. The van der Waals surface area contributed by atoms with Gasteiger partial charge in [-0.1, -0.05) is 30.3 Å². The third-order valence-corrected chi connectivity index (χ3v) is 3.85. The summed E-state index contributed by atoms with van der Waals surface area (Å²) in [6, 6.07) is 17.1. The highest BCUT2D eigenvalue weighted by atomic mass is 16.5. The van der Waals surface area contributed by atoms with Crippen molar-refractivity contribution in [3.05, 3.63) is 83.7 Å². The first-order valence-electron chi connectivity index (χ1n) is 8.29. The fourth-order valence-electron chi connectivity index (χ4n) is 2.52. The van der Waals surface area contributed by atoms with Crippen LogP contribution in [0.25, 0.3) is 0 Å². The Balaban J connectivity index is 1.67. The van der Waals surface area contributed by atoms with Crippen LogP contribution in [-0.4, -0.2) is 22.3 Å². The van der Waals surface area contributed by atoms with Crippen LogP contribution in [0.4, 0.5) is 5.69 Å². The maximum atomic E-state index is 12.5. The number of carbonyl (C=O) groups is 1. The van der Waals surface area contributed by atoms with E-state index in [2.05, 4.69) is 10.4 Å². The van der Waals surface area contributed by atoms with Crippen LogP contribution in [0.3, 0.4) is 0 Å². The standard InChI is InChI=1S/C20H21N3O2/c1-2-25-15-18-6-3-4-7-19(18)22-20(24)17-10-8-16(9-11-17)14-23-13-5-12-21-23/h3-13H,2,14-15H2,1H3,(H,22,24). The van der Waals surface area contributed by atoms with Crippen LogP contribution in [-0.2, 0) is 17.9 Å². The largest absolute Gasteiger partial charge is 0.377 e. The fraction of sp³-hybridized carbons (Fsp3) is 0.200. The number of nitrogens with one attached hydrogen (secondary N) is 1. The fourth-order valence-corrected chi connectivity index (χ4v) is 2.52. The molecule has 0 bridgehead atoms. The van der Waals surface area contributed by atoms with E-state index < -0.39 is 0 Å². The number of ether oxygens (including phenoxy) is 1. The van der Waals surface area contributed by atoms with Gasteiger partial charge in [0.1, 0.15) is 0 Å². The van der Waals surface area contributed by atoms with Crippen LogP contribution < -0.4 is 5.32 Å². The molecule has 128 valence electrons. The van der Waals surface area contributed by atoms with E-state index in [0.717, 1.165) is 16.8 Å². The molecule has 0 atom stereocenters. The van der Waals surface area contributed by atoms with Gasteiger partial charge in [-0.3, -0.25) is 9.48 Å². The van der Waals surface area contributed by atoms with Gasteiger partial charge in [0.2, 0.25) is 0 Å². The second-order valence-corrected chi connectivity index (χ2v) is 5.65. The lowest BCUT2D eigenvalue weighted by Crippen LogP contribution is -2.13. The zero-order valence-corrected chi connectivity index (χ0v) is 14.2. The number of nitrogens with zero attached hydrogens (tertiary/aromatic N) is 2. The molecule has 0 aliphatic heterocycles. The molecule has 1 heterocycles. The summed E-state index contributed by atoms with van der Waals surface area (Å²) in [4.78, 5) is 12.5. The Morgan fingerprint density at radius 2 is 1.92 bits per heavy atom. The number of hydrogen-bond donors (Lipinski definition) is 1. The van der Waals surface area contributed by atoms with Crippen molar-refractivity contribution in [2.24, 2.45) is 0 Å². The Morgan fingerprint density at radius 3 is 2.64 bits per heavy atom. The van der Waals surface area contributed by atoms with Crippen molar-refractivity contribution in [2.75, 3.05) is 11.9 Å². The van der Waals surface area contributed by atoms with E-state index in [4.69, 9.17) is 4.74 Å². The van der Waals surface area contributed by atoms with Crippen molar-refractivity contribution in [1.29, 1.82) is 0 Å². The van der Waals surface area contributed by atoms with Crippen molar-refractivity contribution in [1.82, 2.24) is 9.78 Å². The number of benzene rings is 2. The van der Waals surface area contributed by atoms with Crippen molar-refractivity contribution < 1.29 is 9.53 Å². The molecular formula is C20H21N3O2. The van der Waals surface area contributed by atoms with Crippen LogP contribution in [0.2, 0.25) is 0 Å². The number of amides is 1.